The normalized spacial score (nSPS) is 17.3. The summed E-state index contributed by atoms with van der Waals surface area (Å²) in [5.41, 5.74) is 1.08. The molecule has 1 aliphatic carbocycles. The molecule has 0 aromatic carbocycles. The predicted molar refractivity (Wildman–Crippen MR) is 98.1 cm³/mol. The number of nitrogens with zero attached hydrogens (tertiary/aromatic N) is 4. The van der Waals surface area contributed by atoms with Crippen molar-refractivity contribution in [1.29, 1.82) is 0 Å². The van der Waals surface area contributed by atoms with Crippen LogP contribution in [0.5, 0.6) is 0 Å². The Morgan fingerprint density at radius 1 is 1.00 bits per heavy atom. The van der Waals surface area contributed by atoms with Gasteiger partial charge in [0.15, 0.2) is 0 Å². The zero-order chi connectivity index (χ0) is 17.1. The molecular formula is C18H22N6O. The first-order valence-electron chi connectivity index (χ1n) is 8.72. The van der Waals surface area contributed by atoms with Crippen molar-refractivity contribution in [2.45, 2.75) is 18.9 Å². The van der Waals surface area contributed by atoms with E-state index in [0.29, 0.717) is 11.9 Å². The summed E-state index contributed by atoms with van der Waals surface area (Å²) in [6.07, 6.45) is 5.80. The number of anilines is 3. The van der Waals surface area contributed by atoms with Crippen LogP contribution in [-0.4, -0.2) is 48.2 Å². The van der Waals surface area contributed by atoms with Crippen molar-refractivity contribution < 1.29 is 4.79 Å². The van der Waals surface area contributed by atoms with Crippen molar-refractivity contribution in [2.75, 3.05) is 41.3 Å². The molecule has 0 atom stereocenters. The summed E-state index contributed by atoms with van der Waals surface area (Å²) >= 11 is 0. The Hall–Kier alpha value is -2.83. The van der Waals surface area contributed by atoms with Crippen molar-refractivity contribution >= 4 is 23.4 Å². The molecule has 1 saturated carbocycles. The van der Waals surface area contributed by atoms with Crippen LogP contribution in [0.2, 0.25) is 0 Å². The molecule has 0 spiro atoms. The van der Waals surface area contributed by atoms with Crippen LogP contribution in [0.25, 0.3) is 0 Å². The summed E-state index contributed by atoms with van der Waals surface area (Å²) in [7, 11) is 0. The lowest BCUT2D eigenvalue weighted by Crippen LogP contribution is -2.46. The van der Waals surface area contributed by atoms with Gasteiger partial charge in [0, 0.05) is 38.4 Å². The molecule has 4 rings (SSSR count). The van der Waals surface area contributed by atoms with Crippen molar-refractivity contribution in [3.8, 4) is 0 Å². The molecule has 2 amide bonds. The molecule has 7 nitrogen and oxygen atoms in total. The van der Waals surface area contributed by atoms with Crippen molar-refractivity contribution in [3.05, 3.63) is 42.7 Å². The number of carbonyl (C=O) groups is 1. The first-order valence-corrected chi connectivity index (χ1v) is 8.72. The van der Waals surface area contributed by atoms with Gasteiger partial charge in [0.2, 0.25) is 0 Å². The number of carbonyl (C=O) groups excluding carboxylic acids is 1. The zero-order valence-electron chi connectivity index (χ0n) is 14.1. The second-order valence-corrected chi connectivity index (χ2v) is 6.44. The molecule has 1 saturated heterocycles. The van der Waals surface area contributed by atoms with Gasteiger partial charge in [-0.25, -0.2) is 14.8 Å². The number of pyridine rings is 2. The van der Waals surface area contributed by atoms with E-state index >= 15 is 0 Å². The van der Waals surface area contributed by atoms with Gasteiger partial charge >= 0.3 is 6.03 Å². The first-order chi connectivity index (χ1) is 12.3. The molecule has 0 radical (unpaired) electrons. The van der Waals surface area contributed by atoms with Crippen LogP contribution in [0.4, 0.5) is 22.1 Å². The number of piperazine rings is 1. The highest BCUT2D eigenvalue weighted by atomic mass is 16.2. The fraction of sp³-hybridized carbons (Fsp3) is 0.389. The largest absolute Gasteiger partial charge is 0.367 e. The second-order valence-electron chi connectivity index (χ2n) is 6.44. The van der Waals surface area contributed by atoms with Gasteiger partial charge < -0.3 is 15.1 Å². The van der Waals surface area contributed by atoms with E-state index in [0.717, 1.165) is 50.5 Å². The fourth-order valence-electron chi connectivity index (χ4n) is 2.95. The van der Waals surface area contributed by atoms with Gasteiger partial charge in [0.25, 0.3) is 0 Å². The number of nitrogens with one attached hydrogen (secondary N) is 2. The van der Waals surface area contributed by atoms with Crippen LogP contribution in [0, 0.1) is 0 Å². The van der Waals surface area contributed by atoms with E-state index in [2.05, 4.69) is 30.4 Å². The summed E-state index contributed by atoms with van der Waals surface area (Å²) in [5.74, 6) is 1.61. The van der Waals surface area contributed by atoms with Gasteiger partial charge in [0.05, 0.1) is 11.9 Å². The zero-order valence-corrected chi connectivity index (χ0v) is 14.1. The topological polar surface area (TPSA) is 73.4 Å². The molecule has 130 valence electrons. The SMILES string of the molecule is O=C(Nc1ccc(N2CCN(c3ccccn3)CC2)cn1)NC1CC1. The molecule has 2 aliphatic rings. The fourth-order valence-corrected chi connectivity index (χ4v) is 2.95. The lowest BCUT2D eigenvalue weighted by molar-refractivity contribution is 0.251. The molecular weight excluding hydrogens is 316 g/mol. The maximum Gasteiger partial charge on any atom is 0.320 e. The molecule has 2 aromatic rings. The van der Waals surface area contributed by atoms with E-state index in [9.17, 15) is 4.79 Å². The van der Waals surface area contributed by atoms with Gasteiger partial charge in [-0.15, -0.1) is 0 Å². The Balaban J connectivity index is 1.31. The number of amides is 2. The molecule has 0 unspecified atom stereocenters. The molecule has 0 bridgehead atoms. The predicted octanol–water partition coefficient (Wildman–Crippen LogP) is 2.09. The third kappa shape index (κ3) is 3.99. The van der Waals surface area contributed by atoms with Crippen molar-refractivity contribution in [2.24, 2.45) is 0 Å². The minimum Gasteiger partial charge on any atom is -0.367 e. The maximum absolute atomic E-state index is 11.7. The summed E-state index contributed by atoms with van der Waals surface area (Å²) in [5, 5.41) is 5.66. The summed E-state index contributed by atoms with van der Waals surface area (Å²) in [4.78, 5) is 25.1. The monoisotopic (exact) mass is 338 g/mol. The van der Waals surface area contributed by atoms with E-state index in [1.54, 1.807) is 0 Å². The highest BCUT2D eigenvalue weighted by Gasteiger charge is 2.23. The van der Waals surface area contributed by atoms with Crippen LogP contribution in [-0.2, 0) is 0 Å². The van der Waals surface area contributed by atoms with E-state index in [1.165, 1.54) is 0 Å². The number of urea groups is 1. The standard InChI is InChI=1S/C18H22N6O/c25-18(21-14-4-5-14)22-16-7-6-15(13-20-16)23-9-11-24(12-10-23)17-3-1-2-8-19-17/h1-3,6-8,13-14H,4-5,9-12H2,(H2,20,21,22,25). The average molecular weight is 338 g/mol. The van der Waals surface area contributed by atoms with Crippen molar-refractivity contribution in [1.82, 2.24) is 15.3 Å². The molecule has 25 heavy (non-hydrogen) atoms. The lowest BCUT2D eigenvalue weighted by atomic mass is 10.2. The number of hydrogen-bond acceptors (Lipinski definition) is 5. The first kappa shape index (κ1) is 15.7. The van der Waals surface area contributed by atoms with Gasteiger partial charge in [-0.3, -0.25) is 5.32 Å². The van der Waals surface area contributed by atoms with E-state index < -0.39 is 0 Å². The van der Waals surface area contributed by atoms with Gasteiger partial charge in [-0.2, -0.15) is 0 Å². The Bertz CT molecular complexity index is 708. The van der Waals surface area contributed by atoms with Gasteiger partial charge in [-0.05, 0) is 37.1 Å². The third-order valence-corrected chi connectivity index (χ3v) is 4.52. The average Bonchev–Trinajstić information content (AvgIpc) is 3.47. The molecule has 2 aromatic heterocycles. The van der Waals surface area contributed by atoms with Crippen LogP contribution in [0.15, 0.2) is 42.7 Å². The quantitative estimate of drug-likeness (QED) is 0.893. The van der Waals surface area contributed by atoms with Crippen LogP contribution >= 0.6 is 0 Å². The second kappa shape index (κ2) is 6.96. The summed E-state index contributed by atoms with van der Waals surface area (Å²) < 4.78 is 0. The Morgan fingerprint density at radius 2 is 1.80 bits per heavy atom. The van der Waals surface area contributed by atoms with Gasteiger partial charge in [0.1, 0.15) is 11.6 Å². The summed E-state index contributed by atoms with van der Waals surface area (Å²) in [6, 6.07) is 10.0. The Morgan fingerprint density at radius 3 is 2.44 bits per heavy atom. The van der Waals surface area contributed by atoms with E-state index in [-0.39, 0.29) is 6.03 Å². The number of aromatic nitrogens is 2. The number of rotatable bonds is 4. The lowest BCUT2D eigenvalue weighted by Gasteiger charge is -2.36. The highest BCUT2D eigenvalue weighted by molar-refractivity contribution is 5.88. The minimum atomic E-state index is -0.174. The maximum atomic E-state index is 11.7. The molecule has 2 fully saturated rings. The van der Waals surface area contributed by atoms with Gasteiger partial charge in [-0.1, -0.05) is 6.07 Å². The van der Waals surface area contributed by atoms with E-state index in [1.807, 2.05) is 42.7 Å². The van der Waals surface area contributed by atoms with Crippen LogP contribution in [0.1, 0.15) is 12.8 Å². The number of hydrogen-bond donors (Lipinski definition) is 2. The van der Waals surface area contributed by atoms with Crippen LogP contribution in [0.3, 0.4) is 0 Å². The molecule has 1 aliphatic heterocycles. The third-order valence-electron chi connectivity index (χ3n) is 4.52. The molecule has 7 heteroatoms. The minimum absolute atomic E-state index is 0.174. The highest BCUT2D eigenvalue weighted by Crippen LogP contribution is 2.20. The van der Waals surface area contributed by atoms with Crippen molar-refractivity contribution in [3.63, 3.8) is 0 Å². The summed E-state index contributed by atoms with van der Waals surface area (Å²) in [6.45, 7) is 3.71. The Labute approximate surface area is 147 Å². The Kier molecular flexibility index (Phi) is 4.37. The molecule has 3 heterocycles. The van der Waals surface area contributed by atoms with E-state index in [4.69, 9.17) is 0 Å². The molecule has 2 N–H and O–H groups in total. The van der Waals surface area contributed by atoms with Crippen LogP contribution < -0.4 is 20.4 Å². The smallest absolute Gasteiger partial charge is 0.320 e.